The van der Waals surface area contributed by atoms with Crippen LogP contribution >= 0.6 is 11.6 Å². The first-order valence-corrected chi connectivity index (χ1v) is 5.63. The molecule has 1 saturated heterocycles. The first kappa shape index (κ1) is 11.4. The van der Waals surface area contributed by atoms with Crippen molar-refractivity contribution in [3.8, 4) is 0 Å². The summed E-state index contributed by atoms with van der Waals surface area (Å²) < 4.78 is 0. The zero-order valence-electron chi connectivity index (χ0n) is 9.09. The van der Waals surface area contributed by atoms with Crippen LogP contribution in [0.3, 0.4) is 0 Å². The Labute approximate surface area is 99.4 Å². The Balaban J connectivity index is 2.07. The number of hydrogen-bond donors (Lipinski definition) is 2. The van der Waals surface area contributed by atoms with Crippen molar-refractivity contribution < 1.29 is 4.79 Å². The van der Waals surface area contributed by atoms with Crippen molar-refractivity contribution in [2.24, 2.45) is 5.41 Å². The van der Waals surface area contributed by atoms with Crippen molar-refractivity contribution in [2.75, 3.05) is 18.4 Å². The summed E-state index contributed by atoms with van der Waals surface area (Å²) in [6, 6.07) is 5.17. The van der Waals surface area contributed by atoms with Crippen LogP contribution in [0.1, 0.15) is 13.3 Å². The zero-order chi connectivity index (χ0) is 11.6. The summed E-state index contributed by atoms with van der Waals surface area (Å²) in [4.78, 5) is 16.0. The van der Waals surface area contributed by atoms with Gasteiger partial charge in [-0.25, -0.2) is 4.98 Å². The normalized spacial score (nSPS) is 24.4. The molecular formula is C11H14ClN3O. The van der Waals surface area contributed by atoms with Crippen molar-refractivity contribution in [2.45, 2.75) is 13.3 Å². The van der Waals surface area contributed by atoms with Gasteiger partial charge in [0.1, 0.15) is 11.0 Å². The van der Waals surface area contributed by atoms with E-state index in [0.717, 1.165) is 13.0 Å². The minimum Gasteiger partial charge on any atom is -0.316 e. The predicted octanol–water partition coefficient (Wildman–Crippen LogP) is 1.67. The van der Waals surface area contributed by atoms with Crippen LogP contribution in [0, 0.1) is 5.41 Å². The van der Waals surface area contributed by atoms with Crippen LogP contribution in [0.5, 0.6) is 0 Å². The van der Waals surface area contributed by atoms with Crippen molar-refractivity contribution in [3.05, 3.63) is 23.4 Å². The van der Waals surface area contributed by atoms with Gasteiger partial charge in [-0.1, -0.05) is 17.7 Å². The maximum atomic E-state index is 12.0. The second-order valence-electron chi connectivity index (χ2n) is 4.29. The van der Waals surface area contributed by atoms with E-state index in [1.165, 1.54) is 0 Å². The molecule has 1 aliphatic heterocycles. The third-order valence-electron chi connectivity index (χ3n) is 2.87. The molecule has 2 heterocycles. The maximum absolute atomic E-state index is 12.0. The molecule has 1 fully saturated rings. The van der Waals surface area contributed by atoms with Crippen molar-refractivity contribution in [1.29, 1.82) is 0 Å². The van der Waals surface area contributed by atoms with Crippen molar-refractivity contribution in [3.63, 3.8) is 0 Å². The summed E-state index contributed by atoms with van der Waals surface area (Å²) in [7, 11) is 0. The van der Waals surface area contributed by atoms with Gasteiger partial charge in [-0.3, -0.25) is 4.79 Å². The number of hydrogen-bond acceptors (Lipinski definition) is 3. The number of carbonyl (C=O) groups is 1. The van der Waals surface area contributed by atoms with Crippen LogP contribution in [0.2, 0.25) is 5.15 Å². The van der Waals surface area contributed by atoms with Gasteiger partial charge in [0.2, 0.25) is 5.91 Å². The number of rotatable bonds is 2. The van der Waals surface area contributed by atoms with Gasteiger partial charge in [-0.2, -0.15) is 0 Å². The number of aromatic nitrogens is 1. The fourth-order valence-corrected chi connectivity index (χ4v) is 1.92. The molecule has 4 nitrogen and oxygen atoms in total. The van der Waals surface area contributed by atoms with E-state index in [0.29, 0.717) is 17.5 Å². The largest absolute Gasteiger partial charge is 0.316 e. The van der Waals surface area contributed by atoms with Gasteiger partial charge in [0, 0.05) is 6.54 Å². The lowest BCUT2D eigenvalue weighted by Gasteiger charge is -2.20. The molecule has 0 aliphatic carbocycles. The Morgan fingerprint density at radius 3 is 3.06 bits per heavy atom. The van der Waals surface area contributed by atoms with E-state index in [-0.39, 0.29) is 11.3 Å². The number of carbonyl (C=O) groups excluding carboxylic acids is 1. The number of anilines is 1. The SMILES string of the molecule is CC1(C(=O)Nc2cccc(Cl)n2)CCNC1. The second kappa shape index (κ2) is 4.39. The average molecular weight is 240 g/mol. The Morgan fingerprint density at radius 1 is 1.62 bits per heavy atom. The van der Waals surface area contributed by atoms with E-state index in [4.69, 9.17) is 11.6 Å². The van der Waals surface area contributed by atoms with E-state index >= 15 is 0 Å². The highest BCUT2D eigenvalue weighted by molar-refractivity contribution is 6.29. The molecule has 1 unspecified atom stereocenters. The number of amides is 1. The van der Waals surface area contributed by atoms with E-state index in [1.807, 2.05) is 6.92 Å². The molecular weight excluding hydrogens is 226 g/mol. The monoisotopic (exact) mass is 239 g/mol. The Bertz CT molecular complexity index is 402. The lowest BCUT2D eigenvalue weighted by atomic mass is 9.89. The zero-order valence-corrected chi connectivity index (χ0v) is 9.84. The molecule has 1 aliphatic rings. The topological polar surface area (TPSA) is 54.0 Å². The highest BCUT2D eigenvalue weighted by Gasteiger charge is 2.36. The van der Waals surface area contributed by atoms with E-state index < -0.39 is 0 Å². The van der Waals surface area contributed by atoms with Crippen LogP contribution in [-0.2, 0) is 4.79 Å². The highest BCUT2D eigenvalue weighted by Crippen LogP contribution is 2.26. The number of nitrogens with zero attached hydrogens (tertiary/aromatic N) is 1. The van der Waals surface area contributed by atoms with E-state index in [2.05, 4.69) is 15.6 Å². The van der Waals surface area contributed by atoms with Crippen LogP contribution in [-0.4, -0.2) is 24.0 Å². The second-order valence-corrected chi connectivity index (χ2v) is 4.67. The molecule has 1 atom stereocenters. The summed E-state index contributed by atoms with van der Waals surface area (Å²) in [6.07, 6.45) is 0.847. The first-order chi connectivity index (χ1) is 7.60. The molecule has 0 bridgehead atoms. The molecule has 0 saturated carbocycles. The molecule has 2 N–H and O–H groups in total. The molecule has 5 heteroatoms. The quantitative estimate of drug-likeness (QED) is 0.772. The van der Waals surface area contributed by atoms with Crippen molar-refractivity contribution in [1.82, 2.24) is 10.3 Å². The summed E-state index contributed by atoms with van der Waals surface area (Å²) in [5, 5.41) is 6.36. The van der Waals surface area contributed by atoms with Crippen LogP contribution in [0.15, 0.2) is 18.2 Å². The molecule has 0 aromatic carbocycles. The molecule has 1 aromatic rings. The predicted molar refractivity (Wildman–Crippen MR) is 63.5 cm³/mol. The Hall–Kier alpha value is -1.13. The lowest BCUT2D eigenvalue weighted by molar-refractivity contribution is -0.123. The van der Waals surface area contributed by atoms with Gasteiger partial charge < -0.3 is 10.6 Å². The minimum absolute atomic E-state index is 0.00716. The van der Waals surface area contributed by atoms with Crippen LogP contribution in [0.25, 0.3) is 0 Å². The highest BCUT2D eigenvalue weighted by atomic mass is 35.5. The average Bonchev–Trinajstić information content (AvgIpc) is 2.66. The minimum atomic E-state index is -0.343. The van der Waals surface area contributed by atoms with Gasteiger partial charge in [-0.05, 0) is 32.0 Å². The van der Waals surface area contributed by atoms with E-state index in [9.17, 15) is 4.79 Å². The molecule has 1 amide bonds. The fourth-order valence-electron chi connectivity index (χ4n) is 1.76. The van der Waals surface area contributed by atoms with E-state index in [1.54, 1.807) is 18.2 Å². The van der Waals surface area contributed by atoms with Crippen LogP contribution in [0.4, 0.5) is 5.82 Å². The molecule has 1 aromatic heterocycles. The van der Waals surface area contributed by atoms with Gasteiger partial charge in [-0.15, -0.1) is 0 Å². The Kier molecular flexibility index (Phi) is 3.12. The van der Waals surface area contributed by atoms with Crippen LogP contribution < -0.4 is 10.6 Å². The third kappa shape index (κ3) is 2.33. The van der Waals surface area contributed by atoms with Gasteiger partial charge in [0.05, 0.1) is 5.41 Å². The van der Waals surface area contributed by atoms with Crippen molar-refractivity contribution >= 4 is 23.3 Å². The summed E-state index contributed by atoms with van der Waals surface area (Å²) >= 11 is 5.75. The molecule has 86 valence electrons. The standard InChI is InChI=1S/C11H14ClN3O/c1-11(5-6-13-7-11)10(16)15-9-4-2-3-8(12)14-9/h2-4,13H,5-7H2,1H3,(H,14,15,16). The van der Waals surface area contributed by atoms with Gasteiger partial charge in [0.25, 0.3) is 0 Å². The fraction of sp³-hybridized carbons (Fsp3) is 0.455. The molecule has 2 rings (SSSR count). The smallest absolute Gasteiger partial charge is 0.232 e. The summed E-state index contributed by atoms with van der Waals surface area (Å²) in [6.45, 7) is 3.54. The van der Waals surface area contributed by atoms with Gasteiger partial charge in [0.15, 0.2) is 0 Å². The number of halogens is 1. The third-order valence-corrected chi connectivity index (χ3v) is 3.08. The Morgan fingerprint density at radius 2 is 2.44 bits per heavy atom. The number of nitrogens with one attached hydrogen (secondary N) is 2. The van der Waals surface area contributed by atoms with Gasteiger partial charge >= 0.3 is 0 Å². The molecule has 0 spiro atoms. The first-order valence-electron chi connectivity index (χ1n) is 5.25. The summed E-state index contributed by atoms with van der Waals surface area (Å²) in [5.74, 6) is 0.498. The number of pyridine rings is 1. The molecule has 16 heavy (non-hydrogen) atoms. The molecule has 0 radical (unpaired) electrons. The summed E-state index contributed by atoms with van der Waals surface area (Å²) in [5.41, 5.74) is -0.343. The lowest BCUT2D eigenvalue weighted by Crippen LogP contribution is -2.35. The maximum Gasteiger partial charge on any atom is 0.232 e.